The van der Waals surface area contributed by atoms with E-state index in [0.29, 0.717) is 0 Å². The minimum atomic E-state index is -0.507. The number of nitrogens with two attached hydrogens (primary N) is 1. The molecule has 1 aromatic carbocycles. The highest BCUT2D eigenvalue weighted by Gasteiger charge is 2.28. The molecule has 0 saturated heterocycles. The summed E-state index contributed by atoms with van der Waals surface area (Å²) in [5, 5.41) is 11.0. The summed E-state index contributed by atoms with van der Waals surface area (Å²) in [6, 6.07) is 11.2. The Balaban J connectivity index is 0.00000131. The zero-order valence-electron chi connectivity index (χ0n) is 13.8. The SMILES string of the molecule is Cc1nnc2ccc(OC3CC[C@H](NC(N)=O)c4ccccc43)cn12.[HH].[HH]. The number of urea groups is 1. The molecule has 0 spiro atoms. The van der Waals surface area contributed by atoms with Gasteiger partial charge in [0.1, 0.15) is 17.7 Å². The lowest BCUT2D eigenvalue weighted by molar-refractivity contribution is 0.171. The lowest BCUT2D eigenvalue weighted by Crippen LogP contribution is -2.36. The molecule has 4 rings (SSSR count). The summed E-state index contributed by atoms with van der Waals surface area (Å²) in [5.41, 5.74) is 8.22. The summed E-state index contributed by atoms with van der Waals surface area (Å²) < 4.78 is 8.15. The molecule has 7 nitrogen and oxygen atoms in total. The molecule has 25 heavy (non-hydrogen) atoms. The molecule has 1 aliphatic carbocycles. The number of aryl methyl sites for hydroxylation is 1. The van der Waals surface area contributed by atoms with E-state index in [4.69, 9.17) is 10.5 Å². The standard InChI is InChI=1S/C18H19N5O2.2H2/c1-11-21-22-17-9-6-12(10-23(11)17)25-16-8-7-15(20-18(19)24)13-4-2-3-5-14(13)16;;/h2-6,9-10,15-16H,7-8H2,1H3,(H3,19,20,24);2*1H/t15-,16?;;/m0../s1. The molecule has 2 aromatic heterocycles. The van der Waals surface area contributed by atoms with Gasteiger partial charge in [-0.25, -0.2) is 4.79 Å². The van der Waals surface area contributed by atoms with E-state index in [-0.39, 0.29) is 15.0 Å². The average Bonchev–Trinajstić information content (AvgIpc) is 2.97. The average molecular weight is 341 g/mol. The van der Waals surface area contributed by atoms with Crippen LogP contribution in [-0.4, -0.2) is 20.6 Å². The van der Waals surface area contributed by atoms with Gasteiger partial charge in [-0.15, -0.1) is 10.2 Å². The molecule has 132 valence electrons. The number of pyridine rings is 1. The van der Waals surface area contributed by atoms with E-state index in [1.165, 1.54) is 0 Å². The van der Waals surface area contributed by atoms with Crippen molar-refractivity contribution in [3.05, 3.63) is 59.5 Å². The highest BCUT2D eigenvalue weighted by molar-refractivity contribution is 5.72. The first-order chi connectivity index (χ1) is 12.1. The molecular formula is C18H23N5O2. The first-order valence-electron chi connectivity index (χ1n) is 8.24. The molecule has 0 aliphatic heterocycles. The van der Waals surface area contributed by atoms with E-state index < -0.39 is 6.03 Å². The van der Waals surface area contributed by atoms with Crippen LogP contribution in [0.5, 0.6) is 5.75 Å². The Morgan fingerprint density at radius 3 is 2.84 bits per heavy atom. The molecule has 0 saturated carbocycles. The van der Waals surface area contributed by atoms with Gasteiger partial charge in [0.15, 0.2) is 5.65 Å². The molecule has 2 heterocycles. The predicted molar refractivity (Wildman–Crippen MR) is 96.5 cm³/mol. The first-order valence-corrected chi connectivity index (χ1v) is 8.24. The Morgan fingerprint density at radius 1 is 1.24 bits per heavy atom. The maximum absolute atomic E-state index is 11.2. The summed E-state index contributed by atoms with van der Waals surface area (Å²) in [6.45, 7) is 1.90. The minimum Gasteiger partial charge on any atom is -0.484 e. The summed E-state index contributed by atoms with van der Waals surface area (Å²) in [7, 11) is 0. The Morgan fingerprint density at radius 2 is 2.04 bits per heavy atom. The van der Waals surface area contributed by atoms with Crippen molar-refractivity contribution < 1.29 is 12.4 Å². The van der Waals surface area contributed by atoms with Crippen molar-refractivity contribution in [2.75, 3.05) is 0 Å². The highest BCUT2D eigenvalue weighted by atomic mass is 16.5. The molecule has 2 atom stereocenters. The number of rotatable bonds is 3. The fourth-order valence-corrected chi connectivity index (χ4v) is 3.41. The van der Waals surface area contributed by atoms with Gasteiger partial charge in [0, 0.05) is 2.85 Å². The number of ether oxygens (including phenoxy) is 1. The van der Waals surface area contributed by atoms with Crippen molar-refractivity contribution in [3.63, 3.8) is 0 Å². The summed E-state index contributed by atoms with van der Waals surface area (Å²) in [5.74, 6) is 1.58. The number of primary amides is 1. The third-order valence-electron chi connectivity index (χ3n) is 4.58. The Hall–Kier alpha value is -3.09. The second-order valence-electron chi connectivity index (χ2n) is 6.21. The fourth-order valence-electron chi connectivity index (χ4n) is 3.41. The molecule has 1 aliphatic rings. The molecule has 3 aromatic rings. The van der Waals surface area contributed by atoms with Crippen LogP contribution in [0.3, 0.4) is 0 Å². The van der Waals surface area contributed by atoms with Gasteiger partial charge in [-0.1, -0.05) is 24.3 Å². The molecule has 3 N–H and O–H groups in total. The van der Waals surface area contributed by atoms with Crippen LogP contribution in [0, 0.1) is 6.92 Å². The number of carbonyl (C=O) groups excluding carboxylic acids is 1. The zero-order chi connectivity index (χ0) is 17.4. The monoisotopic (exact) mass is 341 g/mol. The molecular weight excluding hydrogens is 318 g/mol. The van der Waals surface area contributed by atoms with Gasteiger partial charge >= 0.3 is 6.03 Å². The van der Waals surface area contributed by atoms with Gasteiger partial charge in [0.2, 0.25) is 0 Å². The van der Waals surface area contributed by atoms with Crippen LogP contribution in [0.4, 0.5) is 4.79 Å². The molecule has 7 heteroatoms. The first kappa shape index (κ1) is 15.4. The van der Waals surface area contributed by atoms with E-state index in [1.54, 1.807) is 0 Å². The van der Waals surface area contributed by atoms with Gasteiger partial charge in [-0.3, -0.25) is 4.40 Å². The Kier molecular flexibility index (Phi) is 3.76. The van der Waals surface area contributed by atoms with E-state index >= 15 is 0 Å². The van der Waals surface area contributed by atoms with Crippen molar-refractivity contribution in [1.29, 1.82) is 0 Å². The van der Waals surface area contributed by atoms with Crippen molar-refractivity contribution in [2.45, 2.75) is 31.9 Å². The van der Waals surface area contributed by atoms with E-state index in [9.17, 15) is 4.79 Å². The van der Waals surface area contributed by atoms with Gasteiger partial charge in [-0.2, -0.15) is 0 Å². The number of fused-ring (bicyclic) bond motifs is 2. The van der Waals surface area contributed by atoms with Crippen LogP contribution in [0.25, 0.3) is 5.65 Å². The number of hydrogen-bond acceptors (Lipinski definition) is 4. The van der Waals surface area contributed by atoms with Gasteiger partial charge in [0.25, 0.3) is 0 Å². The third-order valence-corrected chi connectivity index (χ3v) is 4.58. The quantitative estimate of drug-likeness (QED) is 0.765. The molecule has 1 unspecified atom stereocenters. The van der Waals surface area contributed by atoms with Crippen molar-refractivity contribution in [1.82, 2.24) is 19.9 Å². The number of nitrogens with one attached hydrogen (secondary N) is 1. The minimum absolute atomic E-state index is 0. The number of nitrogens with zero attached hydrogens (tertiary/aromatic N) is 3. The largest absolute Gasteiger partial charge is 0.484 e. The molecule has 0 bridgehead atoms. The Bertz CT molecular complexity index is 946. The van der Waals surface area contributed by atoms with Crippen molar-refractivity contribution in [2.24, 2.45) is 5.73 Å². The lowest BCUT2D eigenvalue weighted by atomic mass is 9.85. The topological polar surface area (TPSA) is 94.5 Å². The number of hydrogen-bond donors (Lipinski definition) is 2. The van der Waals surface area contributed by atoms with Crippen LogP contribution in [0.2, 0.25) is 0 Å². The number of carbonyl (C=O) groups is 1. The molecule has 0 radical (unpaired) electrons. The lowest BCUT2D eigenvalue weighted by Gasteiger charge is -2.32. The second kappa shape index (κ2) is 6.08. The zero-order valence-corrected chi connectivity index (χ0v) is 13.8. The number of aromatic nitrogens is 3. The van der Waals surface area contributed by atoms with Gasteiger partial charge < -0.3 is 15.8 Å². The number of amides is 2. The van der Waals surface area contributed by atoms with E-state index in [2.05, 4.69) is 15.5 Å². The third kappa shape index (κ3) is 2.88. The molecule has 2 amide bonds. The van der Waals surface area contributed by atoms with Crippen LogP contribution >= 0.6 is 0 Å². The van der Waals surface area contributed by atoms with Crippen LogP contribution in [0.1, 0.15) is 44.8 Å². The van der Waals surface area contributed by atoms with Crippen molar-refractivity contribution in [3.8, 4) is 5.75 Å². The second-order valence-corrected chi connectivity index (χ2v) is 6.21. The maximum atomic E-state index is 11.2. The fraction of sp³-hybridized carbons (Fsp3) is 0.278. The highest BCUT2D eigenvalue weighted by Crippen LogP contribution is 2.38. The number of benzene rings is 1. The van der Waals surface area contributed by atoms with Gasteiger partial charge in [-0.05, 0) is 43.0 Å². The maximum Gasteiger partial charge on any atom is 0.312 e. The van der Waals surface area contributed by atoms with E-state index in [0.717, 1.165) is 41.2 Å². The van der Waals surface area contributed by atoms with Crippen molar-refractivity contribution >= 4 is 11.7 Å². The normalized spacial score (nSPS) is 19.4. The predicted octanol–water partition coefficient (Wildman–Crippen LogP) is 3.15. The smallest absolute Gasteiger partial charge is 0.312 e. The van der Waals surface area contributed by atoms with Crippen LogP contribution in [0.15, 0.2) is 42.6 Å². The van der Waals surface area contributed by atoms with Crippen LogP contribution < -0.4 is 15.8 Å². The van der Waals surface area contributed by atoms with Crippen LogP contribution in [-0.2, 0) is 0 Å². The van der Waals surface area contributed by atoms with E-state index in [1.807, 2.05) is 53.9 Å². The summed E-state index contributed by atoms with van der Waals surface area (Å²) >= 11 is 0. The summed E-state index contributed by atoms with van der Waals surface area (Å²) in [6.07, 6.45) is 3.40. The van der Waals surface area contributed by atoms with Gasteiger partial charge in [0.05, 0.1) is 12.2 Å². The molecule has 0 fully saturated rings. The summed E-state index contributed by atoms with van der Waals surface area (Å²) in [4.78, 5) is 11.2. The Labute approximate surface area is 147 Å².